The molecule has 6 nitrogen and oxygen atoms in total. The van der Waals surface area contributed by atoms with Gasteiger partial charge in [0.1, 0.15) is 12.0 Å². The summed E-state index contributed by atoms with van der Waals surface area (Å²) in [5.41, 5.74) is 2.50. The average molecular weight is 330 g/mol. The van der Waals surface area contributed by atoms with E-state index in [1.54, 1.807) is 7.11 Å². The van der Waals surface area contributed by atoms with Crippen LogP contribution in [0.1, 0.15) is 23.6 Å². The molecule has 0 aromatic heterocycles. The van der Waals surface area contributed by atoms with Crippen molar-refractivity contribution >= 4 is 5.97 Å². The SMILES string of the molecule is COc1cccc2c1[C@@H]1CO[C@@H]3[C@H]4C[C@@H](C(=O)O)[C@@H]([C@H](C2)N31)N4C. The van der Waals surface area contributed by atoms with Crippen LogP contribution in [0.2, 0.25) is 0 Å². The van der Waals surface area contributed by atoms with Crippen LogP contribution in [-0.4, -0.2) is 66.0 Å². The Kier molecular flexibility index (Phi) is 3.02. The summed E-state index contributed by atoms with van der Waals surface area (Å²) in [4.78, 5) is 16.5. The Morgan fingerprint density at radius 3 is 2.96 bits per heavy atom. The third-order valence-electron chi connectivity index (χ3n) is 6.54. The minimum absolute atomic E-state index is 0.0105. The summed E-state index contributed by atoms with van der Waals surface area (Å²) >= 11 is 0. The molecule has 3 saturated heterocycles. The molecule has 0 amide bonds. The summed E-state index contributed by atoms with van der Waals surface area (Å²) < 4.78 is 11.8. The second kappa shape index (κ2) is 4.94. The van der Waals surface area contributed by atoms with Crippen LogP contribution >= 0.6 is 0 Å². The third-order valence-corrected chi connectivity index (χ3v) is 6.54. The van der Waals surface area contributed by atoms with Gasteiger partial charge < -0.3 is 14.6 Å². The summed E-state index contributed by atoms with van der Waals surface area (Å²) in [6.45, 7) is 0.656. The maximum absolute atomic E-state index is 11.8. The Morgan fingerprint density at radius 1 is 1.38 bits per heavy atom. The van der Waals surface area contributed by atoms with Gasteiger partial charge in [0.2, 0.25) is 0 Å². The van der Waals surface area contributed by atoms with Gasteiger partial charge in [0.15, 0.2) is 0 Å². The van der Waals surface area contributed by atoms with Crippen LogP contribution in [0.4, 0.5) is 0 Å². The zero-order valence-electron chi connectivity index (χ0n) is 13.9. The van der Waals surface area contributed by atoms with E-state index in [1.165, 1.54) is 11.1 Å². The van der Waals surface area contributed by atoms with Crippen LogP contribution in [0.25, 0.3) is 0 Å². The molecular formula is C18H22N2O4. The first kappa shape index (κ1) is 14.7. The van der Waals surface area contributed by atoms with Crippen LogP contribution in [0, 0.1) is 5.92 Å². The topological polar surface area (TPSA) is 62.2 Å². The van der Waals surface area contributed by atoms with E-state index in [0.29, 0.717) is 13.0 Å². The molecule has 0 unspecified atom stereocenters. The van der Waals surface area contributed by atoms with Gasteiger partial charge in [-0.05, 0) is 31.5 Å². The highest BCUT2D eigenvalue weighted by Crippen LogP contribution is 2.52. The Hall–Kier alpha value is -1.63. The standard InChI is InChI=1S/C18H22N2O4/c1-19-12-7-10(18(21)22)16(19)11-6-9-4-3-5-14(23-2)15(9)13-8-24-17(12)20(11)13/h3-5,10-13,16-17H,6-8H2,1-2H3,(H,21,22)/t10-,11+,12-,13+,16+,17-/m1/s1. The van der Waals surface area contributed by atoms with Crippen molar-refractivity contribution in [2.45, 2.75) is 43.2 Å². The molecule has 2 bridgehead atoms. The van der Waals surface area contributed by atoms with Gasteiger partial charge in [-0.25, -0.2) is 0 Å². The van der Waals surface area contributed by atoms with Gasteiger partial charge in [-0.3, -0.25) is 14.6 Å². The van der Waals surface area contributed by atoms with Crippen LogP contribution in [0.5, 0.6) is 5.75 Å². The first-order chi connectivity index (χ1) is 11.6. The molecule has 4 aliphatic heterocycles. The van der Waals surface area contributed by atoms with Crippen molar-refractivity contribution in [3.8, 4) is 5.75 Å². The van der Waals surface area contributed by atoms with Gasteiger partial charge in [-0.15, -0.1) is 0 Å². The summed E-state index contributed by atoms with van der Waals surface area (Å²) in [5.74, 6) is -0.0724. The van der Waals surface area contributed by atoms with Crippen LogP contribution in [0.15, 0.2) is 18.2 Å². The minimum Gasteiger partial charge on any atom is -0.496 e. The lowest BCUT2D eigenvalue weighted by atomic mass is 9.82. The summed E-state index contributed by atoms with van der Waals surface area (Å²) in [7, 11) is 3.77. The number of carboxylic acid groups (broad SMARTS) is 1. The van der Waals surface area contributed by atoms with E-state index in [-0.39, 0.29) is 36.3 Å². The molecular weight excluding hydrogens is 308 g/mol. The maximum Gasteiger partial charge on any atom is 0.308 e. The van der Waals surface area contributed by atoms with Crippen LogP contribution < -0.4 is 4.74 Å². The molecule has 3 fully saturated rings. The number of carboxylic acids is 1. The summed E-state index contributed by atoms with van der Waals surface area (Å²) in [6.07, 6.45) is 1.52. The van der Waals surface area contributed by atoms with Crippen LogP contribution in [0.3, 0.4) is 0 Å². The number of likely N-dealkylation sites (N-methyl/N-ethyl adjacent to an activating group) is 1. The molecule has 1 N–H and O–H groups in total. The zero-order valence-corrected chi connectivity index (χ0v) is 13.9. The maximum atomic E-state index is 11.8. The highest BCUT2D eigenvalue weighted by molar-refractivity contribution is 5.72. The lowest BCUT2D eigenvalue weighted by Crippen LogP contribution is -2.64. The van der Waals surface area contributed by atoms with Crippen molar-refractivity contribution in [2.75, 3.05) is 20.8 Å². The fraction of sp³-hybridized carbons (Fsp3) is 0.611. The first-order valence-electron chi connectivity index (χ1n) is 8.61. The largest absolute Gasteiger partial charge is 0.496 e. The number of piperazine rings is 1. The van der Waals surface area contributed by atoms with Crippen molar-refractivity contribution in [3.05, 3.63) is 29.3 Å². The van der Waals surface area contributed by atoms with Crippen molar-refractivity contribution in [2.24, 2.45) is 5.92 Å². The minimum atomic E-state index is -0.677. The van der Waals surface area contributed by atoms with Gasteiger partial charge in [0.25, 0.3) is 0 Å². The predicted octanol–water partition coefficient (Wildman–Crippen LogP) is 1.11. The lowest BCUT2D eigenvalue weighted by molar-refractivity contribution is -0.144. The number of ether oxygens (including phenoxy) is 2. The number of carbonyl (C=O) groups is 1. The highest BCUT2D eigenvalue weighted by atomic mass is 16.5. The summed E-state index contributed by atoms with van der Waals surface area (Å²) in [6, 6.07) is 6.76. The molecule has 0 saturated carbocycles. The Labute approximate surface area is 140 Å². The predicted molar refractivity (Wildman–Crippen MR) is 85.9 cm³/mol. The number of fused-ring (bicyclic) bond motifs is 6. The number of benzene rings is 1. The number of aliphatic carboxylic acids is 1. The molecule has 0 spiro atoms. The zero-order chi connectivity index (χ0) is 16.6. The molecule has 6 heteroatoms. The smallest absolute Gasteiger partial charge is 0.308 e. The third kappa shape index (κ3) is 1.68. The highest BCUT2D eigenvalue weighted by Gasteiger charge is 2.62. The van der Waals surface area contributed by atoms with Crippen molar-refractivity contribution in [1.29, 1.82) is 0 Å². The fourth-order valence-electron chi connectivity index (χ4n) is 5.63. The summed E-state index contributed by atoms with van der Waals surface area (Å²) in [5, 5.41) is 9.71. The second-order valence-electron chi connectivity index (χ2n) is 7.40. The molecule has 0 radical (unpaired) electrons. The molecule has 4 aliphatic rings. The van der Waals surface area contributed by atoms with Crippen molar-refractivity contribution in [1.82, 2.24) is 9.80 Å². The van der Waals surface area contributed by atoms with E-state index in [1.807, 2.05) is 12.1 Å². The van der Waals surface area contributed by atoms with Gasteiger partial charge in [-0.2, -0.15) is 0 Å². The van der Waals surface area contributed by atoms with E-state index in [0.717, 1.165) is 12.2 Å². The monoisotopic (exact) mass is 330 g/mol. The molecule has 6 atom stereocenters. The Bertz CT molecular complexity index is 708. The Balaban J connectivity index is 1.64. The molecule has 5 rings (SSSR count). The second-order valence-corrected chi connectivity index (χ2v) is 7.40. The molecule has 0 aliphatic carbocycles. The Morgan fingerprint density at radius 2 is 2.21 bits per heavy atom. The van der Waals surface area contributed by atoms with Crippen LogP contribution in [-0.2, 0) is 16.0 Å². The van der Waals surface area contributed by atoms with Crippen molar-refractivity contribution in [3.63, 3.8) is 0 Å². The fourth-order valence-corrected chi connectivity index (χ4v) is 5.63. The molecule has 24 heavy (non-hydrogen) atoms. The quantitative estimate of drug-likeness (QED) is 0.876. The normalized spacial score (nSPS) is 40.2. The number of rotatable bonds is 2. The van der Waals surface area contributed by atoms with Crippen molar-refractivity contribution < 1.29 is 19.4 Å². The van der Waals surface area contributed by atoms with Gasteiger partial charge in [0, 0.05) is 17.6 Å². The number of methoxy groups -OCH3 is 1. The van der Waals surface area contributed by atoms with Gasteiger partial charge >= 0.3 is 5.97 Å². The van der Waals surface area contributed by atoms with E-state index in [4.69, 9.17) is 9.47 Å². The van der Waals surface area contributed by atoms with E-state index in [9.17, 15) is 9.90 Å². The molecule has 128 valence electrons. The molecule has 1 aromatic carbocycles. The lowest BCUT2D eigenvalue weighted by Gasteiger charge is -2.51. The van der Waals surface area contributed by atoms with E-state index >= 15 is 0 Å². The van der Waals surface area contributed by atoms with E-state index in [2.05, 4.69) is 22.9 Å². The first-order valence-corrected chi connectivity index (χ1v) is 8.61. The molecule has 1 aromatic rings. The molecule has 4 heterocycles. The van der Waals surface area contributed by atoms with Gasteiger partial charge in [-0.1, -0.05) is 12.1 Å². The number of hydrogen-bond donors (Lipinski definition) is 1. The van der Waals surface area contributed by atoms with E-state index < -0.39 is 5.97 Å². The van der Waals surface area contributed by atoms with Gasteiger partial charge in [0.05, 0.1) is 31.7 Å². The average Bonchev–Trinajstić information content (AvgIpc) is 3.10. The number of nitrogens with zero attached hydrogens (tertiary/aromatic N) is 2. The number of hydrogen-bond acceptors (Lipinski definition) is 5.